The van der Waals surface area contributed by atoms with Gasteiger partial charge in [-0.3, -0.25) is 9.98 Å². The number of pyridine rings is 1. The molecular formula is C18H20N2. The third kappa shape index (κ3) is 3.41. The first kappa shape index (κ1) is 14.2. The van der Waals surface area contributed by atoms with Crippen LogP contribution in [0.15, 0.2) is 71.7 Å². The molecule has 1 aliphatic carbocycles. The summed E-state index contributed by atoms with van der Waals surface area (Å²) in [5.74, 6) is 0.475. The molecule has 0 fully saturated rings. The van der Waals surface area contributed by atoms with E-state index in [1.807, 2.05) is 18.5 Å². The number of aliphatic imine (C=N–C) groups is 1. The van der Waals surface area contributed by atoms with E-state index in [1.165, 1.54) is 16.7 Å². The lowest BCUT2D eigenvalue weighted by Gasteiger charge is -2.17. The van der Waals surface area contributed by atoms with Crippen molar-refractivity contribution in [2.75, 3.05) is 0 Å². The molecule has 0 saturated carbocycles. The molecule has 1 aromatic rings. The molecule has 20 heavy (non-hydrogen) atoms. The average Bonchev–Trinajstić information content (AvgIpc) is 2.47. The highest BCUT2D eigenvalue weighted by molar-refractivity contribution is 5.86. The standard InChI is InChI=1S/C18H20N2/c1-4-19-12-16-9-10-18(15(3)8-7-14(16)2)17-6-5-11-20-13-17/h4-7,9-13,15H,1,8H2,2-3H3/b14-7+,16-9-,18-10+,19-12?. The van der Waals surface area contributed by atoms with Gasteiger partial charge in [-0.15, -0.1) is 0 Å². The van der Waals surface area contributed by atoms with Gasteiger partial charge in [-0.2, -0.15) is 0 Å². The van der Waals surface area contributed by atoms with E-state index in [0.717, 1.165) is 12.0 Å². The van der Waals surface area contributed by atoms with Gasteiger partial charge in [-0.1, -0.05) is 37.8 Å². The monoisotopic (exact) mass is 264 g/mol. The summed E-state index contributed by atoms with van der Waals surface area (Å²) in [4.78, 5) is 8.34. The summed E-state index contributed by atoms with van der Waals surface area (Å²) in [6.45, 7) is 7.99. The summed E-state index contributed by atoms with van der Waals surface area (Å²) < 4.78 is 0. The van der Waals surface area contributed by atoms with Crippen molar-refractivity contribution >= 4 is 11.8 Å². The van der Waals surface area contributed by atoms with Gasteiger partial charge < -0.3 is 0 Å². The van der Waals surface area contributed by atoms with E-state index in [0.29, 0.717) is 5.92 Å². The maximum atomic E-state index is 4.22. The second-order valence-electron chi connectivity index (χ2n) is 4.97. The SMILES string of the molecule is C=CN=CC1=C/C=C(/c2cccnc2)C(C)C\C=C\1C. The Kier molecular flexibility index (Phi) is 4.83. The molecule has 1 heterocycles. The van der Waals surface area contributed by atoms with E-state index in [2.05, 4.69) is 54.7 Å². The molecule has 2 nitrogen and oxygen atoms in total. The Balaban J connectivity index is 2.42. The molecule has 1 unspecified atom stereocenters. The van der Waals surface area contributed by atoms with Gasteiger partial charge in [0.1, 0.15) is 0 Å². The lowest BCUT2D eigenvalue weighted by Crippen LogP contribution is -2.01. The summed E-state index contributed by atoms with van der Waals surface area (Å²) >= 11 is 0. The number of allylic oxidation sites excluding steroid dienone is 6. The zero-order valence-corrected chi connectivity index (χ0v) is 12.1. The number of hydrogen-bond donors (Lipinski definition) is 0. The van der Waals surface area contributed by atoms with Gasteiger partial charge in [-0.05, 0) is 47.6 Å². The molecule has 1 aromatic heterocycles. The van der Waals surface area contributed by atoms with E-state index in [9.17, 15) is 0 Å². The quantitative estimate of drug-likeness (QED) is 0.733. The minimum atomic E-state index is 0.475. The third-order valence-corrected chi connectivity index (χ3v) is 3.52. The molecule has 0 bridgehead atoms. The molecule has 0 saturated heterocycles. The van der Waals surface area contributed by atoms with Crippen LogP contribution in [0.2, 0.25) is 0 Å². The summed E-state index contributed by atoms with van der Waals surface area (Å²) in [7, 11) is 0. The highest BCUT2D eigenvalue weighted by atomic mass is 14.7. The predicted octanol–water partition coefficient (Wildman–Crippen LogP) is 4.59. The largest absolute Gasteiger partial charge is 0.265 e. The van der Waals surface area contributed by atoms with E-state index in [4.69, 9.17) is 0 Å². The second kappa shape index (κ2) is 6.80. The maximum absolute atomic E-state index is 4.22. The fraction of sp³-hybridized carbons (Fsp3) is 0.222. The number of nitrogens with zero attached hydrogens (tertiary/aromatic N) is 2. The Morgan fingerprint density at radius 3 is 2.95 bits per heavy atom. The van der Waals surface area contributed by atoms with Crippen LogP contribution in [-0.2, 0) is 0 Å². The smallest absolute Gasteiger partial charge is 0.0343 e. The molecule has 2 heteroatoms. The van der Waals surface area contributed by atoms with Crippen molar-refractivity contribution in [3.05, 3.63) is 72.2 Å². The average molecular weight is 264 g/mol. The summed E-state index contributed by atoms with van der Waals surface area (Å²) in [6, 6.07) is 4.09. The fourth-order valence-corrected chi connectivity index (χ4v) is 2.27. The third-order valence-electron chi connectivity index (χ3n) is 3.52. The number of rotatable bonds is 3. The van der Waals surface area contributed by atoms with Gasteiger partial charge in [0.2, 0.25) is 0 Å². The molecule has 0 radical (unpaired) electrons. The van der Waals surface area contributed by atoms with Crippen molar-refractivity contribution in [2.24, 2.45) is 10.9 Å². The van der Waals surface area contributed by atoms with Gasteiger partial charge in [0, 0.05) is 24.8 Å². The predicted molar refractivity (Wildman–Crippen MR) is 86.5 cm³/mol. The molecule has 0 N–H and O–H groups in total. The van der Waals surface area contributed by atoms with Crippen LogP contribution in [0.4, 0.5) is 0 Å². The minimum absolute atomic E-state index is 0.475. The zero-order valence-electron chi connectivity index (χ0n) is 12.1. The zero-order chi connectivity index (χ0) is 14.4. The van der Waals surface area contributed by atoms with Crippen LogP contribution in [0.5, 0.6) is 0 Å². The van der Waals surface area contributed by atoms with Crippen LogP contribution < -0.4 is 0 Å². The topological polar surface area (TPSA) is 25.2 Å². The molecule has 102 valence electrons. The van der Waals surface area contributed by atoms with E-state index in [1.54, 1.807) is 12.4 Å². The van der Waals surface area contributed by atoms with E-state index in [-0.39, 0.29) is 0 Å². The Bertz CT molecular complexity index is 589. The van der Waals surface area contributed by atoms with Gasteiger partial charge in [0.15, 0.2) is 0 Å². The number of aromatic nitrogens is 1. The van der Waals surface area contributed by atoms with Crippen LogP contribution in [0.1, 0.15) is 25.8 Å². The molecule has 0 spiro atoms. The molecule has 2 rings (SSSR count). The Hall–Kier alpha value is -2.22. The van der Waals surface area contributed by atoms with Crippen molar-refractivity contribution in [1.29, 1.82) is 0 Å². The lowest BCUT2D eigenvalue weighted by atomic mass is 9.88. The molecular weight excluding hydrogens is 244 g/mol. The van der Waals surface area contributed by atoms with Gasteiger partial charge in [0.25, 0.3) is 0 Å². The van der Waals surface area contributed by atoms with E-state index >= 15 is 0 Å². The van der Waals surface area contributed by atoms with Gasteiger partial charge >= 0.3 is 0 Å². The molecule has 1 atom stereocenters. The highest BCUT2D eigenvalue weighted by Crippen LogP contribution is 2.28. The normalized spacial score (nSPS) is 27.5. The first-order chi connectivity index (χ1) is 9.72. The highest BCUT2D eigenvalue weighted by Gasteiger charge is 2.12. The molecule has 1 aliphatic rings. The lowest BCUT2D eigenvalue weighted by molar-refractivity contribution is 0.760. The van der Waals surface area contributed by atoms with Gasteiger partial charge in [0.05, 0.1) is 0 Å². The van der Waals surface area contributed by atoms with Crippen molar-refractivity contribution in [3.63, 3.8) is 0 Å². The fourth-order valence-electron chi connectivity index (χ4n) is 2.27. The van der Waals surface area contributed by atoms with Crippen LogP contribution in [0, 0.1) is 5.92 Å². The van der Waals surface area contributed by atoms with Crippen LogP contribution >= 0.6 is 0 Å². The van der Waals surface area contributed by atoms with E-state index < -0.39 is 0 Å². The molecule has 0 amide bonds. The molecule has 0 aliphatic heterocycles. The Morgan fingerprint density at radius 2 is 2.25 bits per heavy atom. The second-order valence-corrected chi connectivity index (χ2v) is 4.97. The Morgan fingerprint density at radius 1 is 1.40 bits per heavy atom. The summed E-state index contributed by atoms with van der Waals surface area (Å²) in [6.07, 6.45) is 14.7. The first-order valence-corrected chi connectivity index (χ1v) is 6.86. The van der Waals surface area contributed by atoms with Crippen molar-refractivity contribution in [2.45, 2.75) is 20.3 Å². The Labute approximate surface area is 121 Å². The minimum Gasteiger partial charge on any atom is -0.265 e. The molecule has 0 aromatic carbocycles. The van der Waals surface area contributed by atoms with Gasteiger partial charge in [-0.25, -0.2) is 0 Å². The first-order valence-electron chi connectivity index (χ1n) is 6.86. The van der Waals surface area contributed by atoms with Crippen LogP contribution in [0.25, 0.3) is 5.57 Å². The van der Waals surface area contributed by atoms with Crippen LogP contribution in [-0.4, -0.2) is 11.2 Å². The number of hydrogen-bond acceptors (Lipinski definition) is 2. The van der Waals surface area contributed by atoms with Crippen molar-refractivity contribution in [3.8, 4) is 0 Å². The maximum Gasteiger partial charge on any atom is 0.0343 e. The van der Waals surface area contributed by atoms with Crippen molar-refractivity contribution < 1.29 is 0 Å². The summed E-state index contributed by atoms with van der Waals surface area (Å²) in [5.41, 5.74) is 4.87. The van der Waals surface area contributed by atoms with Crippen LogP contribution in [0.3, 0.4) is 0 Å². The van der Waals surface area contributed by atoms with Crippen molar-refractivity contribution in [1.82, 2.24) is 4.98 Å². The summed E-state index contributed by atoms with van der Waals surface area (Å²) in [5, 5.41) is 0.